The van der Waals surface area contributed by atoms with Gasteiger partial charge in [0, 0.05) is 18.7 Å². The number of aryl methyl sites for hydroxylation is 1. The molecule has 0 fully saturated rings. The van der Waals surface area contributed by atoms with Crippen LogP contribution in [-0.4, -0.2) is 29.2 Å². The topological polar surface area (TPSA) is 120 Å². The number of nitrogens with one attached hydrogen (secondary N) is 1. The molecule has 140 valence electrons. The maximum atomic E-state index is 9.55. The van der Waals surface area contributed by atoms with Gasteiger partial charge in [-0.2, -0.15) is 5.26 Å². The average molecular weight is 368 g/mol. The Hall–Kier alpha value is -3.63. The van der Waals surface area contributed by atoms with Gasteiger partial charge in [-0.05, 0) is 49.4 Å². The Bertz CT molecular complexity index is 853. The Morgan fingerprint density at radius 3 is 2.37 bits per heavy atom. The smallest absolute Gasteiger partial charge is 0.328 e. The van der Waals surface area contributed by atoms with E-state index < -0.39 is 11.9 Å². The molecule has 0 aliphatic rings. The van der Waals surface area contributed by atoms with Crippen molar-refractivity contribution < 1.29 is 24.5 Å². The molecule has 3 N–H and O–H groups in total. The second kappa shape index (κ2) is 11.1. The highest BCUT2D eigenvalue weighted by Gasteiger charge is 2.05. The molecule has 0 atom stereocenters. The van der Waals surface area contributed by atoms with Crippen LogP contribution in [0.15, 0.2) is 54.6 Å². The summed E-state index contributed by atoms with van der Waals surface area (Å²) < 4.78 is 5.82. The number of carbonyl (C=O) groups is 2. The summed E-state index contributed by atoms with van der Waals surface area (Å²) in [6, 6.07) is 15.6. The first-order valence-electron chi connectivity index (χ1n) is 7.91. The number of carboxylic acids is 2. The van der Waals surface area contributed by atoms with Crippen LogP contribution in [0.2, 0.25) is 0 Å². The molecule has 0 radical (unpaired) electrons. The Morgan fingerprint density at radius 2 is 1.81 bits per heavy atom. The highest BCUT2D eigenvalue weighted by atomic mass is 16.5. The Labute approximate surface area is 157 Å². The van der Waals surface area contributed by atoms with Gasteiger partial charge in [-0.3, -0.25) is 0 Å². The van der Waals surface area contributed by atoms with Crippen LogP contribution < -0.4 is 10.1 Å². The molecule has 0 aliphatic heterocycles. The number of benzene rings is 2. The van der Waals surface area contributed by atoms with E-state index in [1.165, 1.54) is 0 Å². The molecule has 0 spiro atoms. The van der Waals surface area contributed by atoms with Gasteiger partial charge in [-0.15, -0.1) is 0 Å². The lowest BCUT2D eigenvalue weighted by molar-refractivity contribution is -0.134. The van der Waals surface area contributed by atoms with Crippen molar-refractivity contribution in [3.05, 3.63) is 71.3 Å². The summed E-state index contributed by atoms with van der Waals surface area (Å²) in [5.74, 6) is -1.17. The molecular formula is C20H20N2O5. The molecule has 0 heterocycles. The second-order valence-corrected chi connectivity index (χ2v) is 5.40. The number of ether oxygens (including phenoxy) is 1. The van der Waals surface area contributed by atoms with Crippen molar-refractivity contribution in [3.63, 3.8) is 0 Å². The van der Waals surface area contributed by atoms with Crippen molar-refractivity contribution in [1.29, 1.82) is 5.26 Å². The Kier molecular flexibility index (Phi) is 8.78. The van der Waals surface area contributed by atoms with E-state index >= 15 is 0 Å². The molecule has 2 aromatic rings. The minimum Gasteiger partial charge on any atom is -0.478 e. The highest BCUT2D eigenvalue weighted by molar-refractivity contribution is 5.89. The first-order valence-corrected chi connectivity index (χ1v) is 7.91. The molecule has 0 saturated carbocycles. The third kappa shape index (κ3) is 8.34. The maximum Gasteiger partial charge on any atom is 0.328 e. The first kappa shape index (κ1) is 21.4. The largest absolute Gasteiger partial charge is 0.478 e. The molecular weight excluding hydrogens is 348 g/mol. The average Bonchev–Trinajstić information content (AvgIpc) is 2.61. The lowest BCUT2D eigenvalue weighted by Gasteiger charge is -2.09. The lowest BCUT2D eigenvalue weighted by Crippen LogP contribution is -2.04. The molecule has 0 aromatic heterocycles. The van der Waals surface area contributed by atoms with E-state index in [0.29, 0.717) is 23.5 Å². The molecule has 0 saturated heterocycles. The van der Waals surface area contributed by atoms with Gasteiger partial charge >= 0.3 is 11.9 Å². The predicted octanol–water partition coefficient (Wildman–Crippen LogP) is 3.09. The summed E-state index contributed by atoms with van der Waals surface area (Å²) >= 11 is 0. The van der Waals surface area contributed by atoms with Crippen LogP contribution in [0.25, 0.3) is 0 Å². The van der Waals surface area contributed by atoms with Crippen LogP contribution in [0.1, 0.15) is 16.7 Å². The summed E-state index contributed by atoms with van der Waals surface area (Å²) in [6.07, 6.45) is 1.12. The van der Waals surface area contributed by atoms with Gasteiger partial charge < -0.3 is 20.3 Å². The zero-order valence-electron chi connectivity index (χ0n) is 15.0. The molecule has 0 bridgehead atoms. The minimum absolute atomic E-state index is 0.546. The summed E-state index contributed by atoms with van der Waals surface area (Å²) in [5, 5.41) is 27.8. The van der Waals surface area contributed by atoms with Gasteiger partial charge in [0.15, 0.2) is 0 Å². The van der Waals surface area contributed by atoms with E-state index in [4.69, 9.17) is 20.2 Å². The fraction of sp³-hybridized carbons (Fsp3) is 0.150. The summed E-state index contributed by atoms with van der Waals surface area (Å²) in [7, 11) is 1.90. The maximum absolute atomic E-state index is 9.55. The molecule has 2 aromatic carbocycles. The number of hydrogen-bond acceptors (Lipinski definition) is 5. The monoisotopic (exact) mass is 368 g/mol. The van der Waals surface area contributed by atoms with Crippen molar-refractivity contribution in [2.45, 2.75) is 13.5 Å². The molecule has 7 nitrogen and oxygen atoms in total. The fourth-order valence-electron chi connectivity index (χ4n) is 2.00. The van der Waals surface area contributed by atoms with Crippen molar-refractivity contribution in [2.75, 3.05) is 7.05 Å². The number of nitrogens with zero attached hydrogens (tertiary/aromatic N) is 1. The van der Waals surface area contributed by atoms with Crippen molar-refractivity contribution in [2.24, 2.45) is 0 Å². The van der Waals surface area contributed by atoms with Gasteiger partial charge in [0.05, 0.1) is 5.56 Å². The number of aliphatic carboxylic acids is 2. The van der Waals surface area contributed by atoms with Crippen LogP contribution >= 0.6 is 0 Å². The molecule has 0 unspecified atom stereocenters. The summed E-state index contributed by atoms with van der Waals surface area (Å²) in [5.41, 5.74) is 2.76. The van der Waals surface area contributed by atoms with E-state index in [-0.39, 0.29) is 0 Å². The van der Waals surface area contributed by atoms with E-state index in [1.54, 1.807) is 6.07 Å². The van der Waals surface area contributed by atoms with Crippen LogP contribution in [0.3, 0.4) is 0 Å². The van der Waals surface area contributed by atoms with Gasteiger partial charge in [-0.25, -0.2) is 9.59 Å². The van der Waals surface area contributed by atoms with Crippen LogP contribution in [0, 0.1) is 18.3 Å². The van der Waals surface area contributed by atoms with Crippen molar-refractivity contribution in [3.8, 4) is 17.6 Å². The van der Waals surface area contributed by atoms with Crippen molar-refractivity contribution in [1.82, 2.24) is 5.32 Å². The van der Waals surface area contributed by atoms with Crippen LogP contribution in [0.4, 0.5) is 0 Å². The zero-order chi connectivity index (χ0) is 20.2. The lowest BCUT2D eigenvalue weighted by atomic mass is 10.1. The van der Waals surface area contributed by atoms with E-state index in [2.05, 4.69) is 11.4 Å². The second-order valence-electron chi connectivity index (χ2n) is 5.40. The van der Waals surface area contributed by atoms with E-state index in [9.17, 15) is 9.59 Å². The molecule has 27 heavy (non-hydrogen) atoms. The SMILES string of the molecule is CNCc1cccc(Oc2cc(C)ccc2C#N)c1.O=C(O)C=CC(=O)O. The summed E-state index contributed by atoms with van der Waals surface area (Å²) in [6.45, 7) is 2.77. The third-order valence-corrected chi connectivity index (χ3v) is 3.13. The number of carboxylic acid groups (broad SMARTS) is 2. The highest BCUT2D eigenvalue weighted by Crippen LogP contribution is 2.26. The number of nitriles is 1. The predicted molar refractivity (Wildman–Crippen MR) is 99.6 cm³/mol. The first-order chi connectivity index (χ1) is 12.8. The van der Waals surface area contributed by atoms with Crippen LogP contribution in [0.5, 0.6) is 11.5 Å². The third-order valence-electron chi connectivity index (χ3n) is 3.13. The normalized spacial score (nSPS) is 9.81. The molecule has 0 aliphatic carbocycles. The van der Waals surface area contributed by atoms with Gasteiger partial charge in [0.25, 0.3) is 0 Å². The number of rotatable bonds is 6. The fourth-order valence-corrected chi connectivity index (χ4v) is 2.00. The zero-order valence-corrected chi connectivity index (χ0v) is 15.0. The molecule has 0 amide bonds. The summed E-state index contributed by atoms with van der Waals surface area (Å²) in [4.78, 5) is 19.1. The van der Waals surface area contributed by atoms with Crippen LogP contribution in [-0.2, 0) is 16.1 Å². The van der Waals surface area contributed by atoms with Gasteiger partial charge in [-0.1, -0.05) is 18.2 Å². The van der Waals surface area contributed by atoms with E-state index in [1.807, 2.05) is 50.4 Å². The molecule has 7 heteroatoms. The van der Waals surface area contributed by atoms with E-state index in [0.717, 1.165) is 23.4 Å². The quantitative estimate of drug-likeness (QED) is 0.670. The van der Waals surface area contributed by atoms with Crippen molar-refractivity contribution >= 4 is 11.9 Å². The molecule has 2 rings (SSSR count). The Morgan fingerprint density at radius 1 is 1.15 bits per heavy atom. The minimum atomic E-state index is -1.26. The van der Waals surface area contributed by atoms with Gasteiger partial charge in [0.2, 0.25) is 0 Å². The standard InChI is InChI=1S/C16H16N2O.C4H4O4/c1-12-6-7-14(10-17)16(8-12)19-15-5-3-4-13(9-15)11-18-2;5-3(6)1-2-4(7)8/h3-9,18H,11H2,1-2H3;1-2H,(H,5,6)(H,7,8). The van der Waals surface area contributed by atoms with Gasteiger partial charge in [0.1, 0.15) is 17.6 Å². The Balaban J connectivity index is 0.000000387. The number of hydrogen-bond donors (Lipinski definition) is 3.